The molecular formula is C21H19F4NO5S. The van der Waals surface area contributed by atoms with Gasteiger partial charge in [0.25, 0.3) is 10.0 Å². The highest BCUT2D eigenvalue weighted by Crippen LogP contribution is 2.32. The van der Waals surface area contributed by atoms with E-state index >= 15 is 0 Å². The number of rotatable bonds is 5. The molecule has 0 spiro atoms. The second kappa shape index (κ2) is 8.89. The predicted octanol–water partition coefficient (Wildman–Crippen LogP) is 3.59. The van der Waals surface area contributed by atoms with Crippen molar-refractivity contribution in [1.29, 1.82) is 0 Å². The number of sulfonamides is 1. The molecule has 1 unspecified atom stereocenters. The third kappa shape index (κ3) is 4.93. The summed E-state index contributed by atoms with van der Waals surface area (Å²) in [6.07, 6.45) is -4.78. The standard InChI is InChI=1S/C21H19F4NO5S/c1-31-19-9-5-16(22)11-14(19)10-13-2-6-17(27)12-26(20(13)28)32(29,30)18-7-3-15(4-8-18)21(23,24)25/h3-5,7-9,11,13H,2,6,10,12H2,1H3. The van der Waals surface area contributed by atoms with Crippen LogP contribution in [0.3, 0.4) is 0 Å². The number of benzene rings is 2. The van der Waals surface area contributed by atoms with Crippen molar-refractivity contribution in [2.24, 2.45) is 5.92 Å². The lowest BCUT2D eigenvalue weighted by Crippen LogP contribution is -2.42. The molecule has 1 saturated heterocycles. The van der Waals surface area contributed by atoms with Gasteiger partial charge < -0.3 is 4.74 Å². The van der Waals surface area contributed by atoms with Crippen molar-refractivity contribution in [3.63, 3.8) is 0 Å². The average molecular weight is 473 g/mol. The Kier molecular flexibility index (Phi) is 6.59. The lowest BCUT2D eigenvalue weighted by Gasteiger charge is -2.24. The molecule has 6 nitrogen and oxygen atoms in total. The topological polar surface area (TPSA) is 80.8 Å². The molecule has 1 aliphatic heterocycles. The number of nitrogens with zero attached hydrogens (tertiary/aromatic N) is 1. The molecule has 3 rings (SSSR count). The molecule has 2 aromatic carbocycles. The molecule has 1 atom stereocenters. The Balaban J connectivity index is 1.94. The summed E-state index contributed by atoms with van der Waals surface area (Å²) in [5, 5.41) is 0. The van der Waals surface area contributed by atoms with Crippen LogP contribution in [0.4, 0.5) is 17.6 Å². The Labute approximate surface area is 181 Å². The second-order valence-electron chi connectivity index (χ2n) is 7.31. The fourth-order valence-electron chi connectivity index (χ4n) is 3.49. The van der Waals surface area contributed by atoms with Gasteiger partial charge in [0.15, 0.2) is 5.78 Å². The summed E-state index contributed by atoms with van der Waals surface area (Å²) in [5.74, 6) is -2.65. The second-order valence-corrected chi connectivity index (χ2v) is 9.17. The first-order valence-corrected chi connectivity index (χ1v) is 11.0. The number of ether oxygens (including phenoxy) is 1. The number of alkyl halides is 3. The molecular weight excluding hydrogens is 454 g/mol. The molecule has 11 heteroatoms. The quantitative estimate of drug-likeness (QED) is 0.620. The minimum Gasteiger partial charge on any atom is -0.496 e. The Morgan fingerprint density at radius 2 is 1.75 bits per heavy atom. The fraction of sp³-hybridized carbons (Fsp3) is 0.333. The zero-order valence-electron chi connectivity index (χ0n) is 16.9. The number of halogens is 4. The Morgan fingerprint density at radius 3 is 2.34 bits per heavy atom. The van der Waals surface area contributed by atoms with Crippen LogP contribution in [0.1, 0.15) is 24.0 Å². The zero-order valence-corrected chi connectivity index (χ0v) is 17.7. The normalized spacial score (nSPS) is 17.9. The molecule has 0 saturated carbocycles. The van der Waals surface area contributed by atoms with Crippen LogP contribution in [-0.2, 0) is 32.2 Å². The summed E-state index contributed by atoms with van der Waals surface area (Å²) in [4.78, 5) is 24.7. The molecule has 0 aromatic heterocycles. The zero-order chi connectivity index (χ0) is 23.7. The maximum absolute atomic E-state index is 13.7. The largest absolute Gasteiger partial charge is 0.496 e. The lowest BCUT2D eigenvalue weighted by atomic mass is 9.93. The number of amides is 1. The highest BCUT2D eigenvalue weighted by Gasteiger charge is 2.39. The van der Waals surface area contributed by atoms with Crippen molar-refractivity contribution in [3.8, 4) is 5.75 Å². The highest BCUT2D eigenvalue weighted by molar-refractivity contribution is 7.89. The van der Waals surface area contributed by atoms with Crippen molar-refractivity contribution in [2.75, 3.05) is 13.7 Å². The minimum absolute atomic E-state index is 0.0381. The van der Waals surface area contributed by atoms with E-state index in [0.29, 0.717) is 27.8 Å². The van der Waals surface area contributed by atoms with E-state index in [2.05, 4.69) is 0 Å². The van der Waals surface area contributed by atoms with E-state index in [0.717, 1.165) is 18.2 Å². The molecule has 0 bridgehead atoms. The third-order valence-corrected chi connectivity index (χ3v) is 6.92. The minimum atomic E-state index is -4.66. The number of carbonyl (C=O) groups is 2. The summed E-state index contributed by atoms with van der Waals surface area (Å²) in [5.41, 5.74) is -0.724. The lowest BCUT2D eigenvalue weighted by molar-refractivity contribution is -0.137. The molecule has 0 N–H and O–H groups in total. The Bertz CT molecular complexity index is 1130. The monoisotopic (exact) mass is 473 g/mol. The van der Waals surface area contributed by atoms with E-state index in [1.54, 1.807) is 0 Å². The number of hydrogen-bond acceptors (Lipinski definition) is 5. The number of carbonyl (C=O) groups excluding carboxylic acids is 2. The van der Waals surface area contributed by atoms with Crippen LogP contribution >= 0.6 is 0 Å². The highest BCUT2D eigenvalue weighted by atomic mass is 32.2. The van der Waals surface area contributed by atoms with Gasteiger partial charge in [-0.2, -0.15) is 13.2 Å². The predicted molar refractivity (Wildman–Crippen MR) is 105 cm³/mol. The van der Waals surface area contributed by atoms with Gasteiger partial charge in [0.1, 0.15) is 11.6 Å². The maximum Gasteiger partial charge on any atom is 0.416 e. The van der Waals surface area contributed by atoms with Crippen LogP contribution in [0.2, 0.25) is 0 Å². The summed E-state index contributed by atoms with van der Waals surface area (Å²) >= 11 is 0. The van der Waals surface area contributed by atoms with Crippen LogP contribution in [0, 0.1) is 11.7 Å². The smallest absolute Gasteiger partial charge is 0.416 e. The first-order chi connectivity index (χ1) is 14.9. The Hall–Kier alpha value is -2.95. The molecule has 1 aliphatic rings. The van der Waals surface area contributed by atoms with Crippen LogP contribution < -0.4 is 4.74 Å². The molecule has 1 fully saturated rings. The summed E-state index contributed by atoms with van der Waals surface area (Å²) in [6, 6.07) is 6.36. The Morgan fingerprint density at radius 1 is 1.09 bits per heavy atom. The van der Waals surface area contributed by atoms with Crippen LogP contribution in [-0.4, -0.2) is 38.1 Å². The third-order valence-electron chi connectivity index (χ3n) is 5.17. The van der Waals surface area contributed by atoms with Gasteiger partial charge in [-0.3, -0.25) is 9.59 Å². The van der Waals surface area contributed by atoms with Gasteiger partial charge in [0, 0.05) is 12.3 Å². The maximum atomic E-state index is 13.7. The van der Waals surface area contributed by atoms with Crippen molar-refractivity contribution in [2.45, 2.75) is 30.3 Å². The number of hydrogen-bond donors (Lipinski definition) is 0. The van der Waals surface area contributed by atoms with E-state index in [-0.39, 0.29) is 19.3 Å². The molecule has 0 radical (unpaired) electrons. The molecule has 0 aliphatic carbocycles. The van der Waals surface area contributed by atoms with Crippen LogP contribution in [0.15, 0.2) is 47.4 Å². The van der Waals surface area contributed by atoms with Gasteiger partial charge in [-0.15, -0.1) is 0 Å². The van der Waals surface area contributed by atoms with Crippen LogP contribution in [0.5, 0.6) is 5.75 Å². The van der Waals surface area contributed by atoms with E-state index < -0.39 is 56.6 Å². The first kappa shape index (κ1) is 23.7. The average Bonchev–Trinajstić information content (AvgIpc) is 2.87. The van der Waals surface area contributed by atoms with Crippen LogP contribution in [0.25, 0.3) is 0 Å². The number of methoxy groups -OCH3 is 1. The number of ketones is 1. The van der Waals surface area contributed by atoms with Gasteiger partial charge in [0.05, 0.1) is 24.1 Å². The first-order valence-electron chi connectivity index (χ1n) is 9.51. The molecule has 1 amide bonds. The van der Waals surface area contributed by atoms with E-state index in [4.69, 9.17) is 4.74 Å². The fourth-order valence-corrected chi connectivity index (χ4v) is 4.92. The van der Waals surface area contributed by atoms with Gasteiger partial charge in [-0.1, -0.05) is 0 Å². The van der Waals surface area contributed by atoms with Crippen molar-refractivity contribution >= 4 is 21.7 Å². The summed E-state index contributed by atoms with van der Waals surface area (Å²) in [6.45, 7) is -0.723. The number of Topliss-reactive ketones (excluding diaryl/α,β-unsaturated/α-hetero) is 1. The SMILES string of the molecule is COc1ccc(F)cc1CC1CCC(=O)CN(S(=O)(=O)c2ccc(C(F)(F)F)cc2)C1=O. The van der Waals surface area contributed by atoms with Gasteiger partial charge in [-0.25, -0.2) is 17.1 Å². The molecule has 172 valence electrons. The van der Waals surface area contributed by atoms with Crippen molar-refractivity contribution < 1.29 is 40.3 Å². The van der Waals surface area contributed by atoms with Crippen molar-refractivity contribution in [1.82, 2.24) is 4.31 Å². The summed E-state index contributed by atoms with van der Waals surface area (Å²) in [7, 11) is -3.23. The van der Waals surface area contributed by atoms with Gasteiger partial charge in [0.2, 0.25) is 5.91 Å². The molecule has 2 aromatic rings. The summed E-state index contributed by atoms with van der Waals surface area (Å²) < 4.78 is 83.7. The van der Waals surface area contributed by atoms with E-state index in [1.807, 2.05) is 0 Å². The van der Waals surface area contributed by atoms with Gasteiger partial charge >= 0.3 is 6.18 Å². The van der Waals surface area contributed by atoms with E-state index in [1.165, 1.54) is 19.2 Å². The molecule has 32 heavy (non-hydrogen) atoms. The van der Waals surface area contributed by atoms with Gasteiger partial charge in [-0.05, 0) is 60.9 Å². The molecule has 1 heterocycles. The van der Waals surface area contributed by atoms with Crippen molar-refractivity contribution in [3.05, 3.63) is 59.4 Å². The van der Waals surface area contributed by atoms with E-state index in [9.17, 15) is 35.6 Å².